The minimum atomic E-state index is 0.188. The molecule has 2 rings (SSSR count). The lowest BCUT2D eigenvalue weighted by atomic mass is 10.1. The van der Waals surface area contributed by atoms with Crippen LogP contribution in [0.2, 0.25) is 0 Å². The fourth-order valence-electron chi connectivity index (χ4n) is 2.63. The summed E-state index contributed by atoms with van der Waals surface area (Å²) in [5, 5.41) is 5.58. The molecule has 2 unspecified atom stereocenters. The van der Waals surface area contributed by atoms with Gasteiger partial charge in [-0.1, -0.05) is 25.7 Å². The molecule has 1 saturated carbocycles. The van der Waals surface area contributed by atoms with Crippen LogP contribution < -0.4 is 5.32 Å². The molecule has 0 aromatic carbocycles. The Hall–Kier alpha value is -0.120. The number of hydrogen-bond donors (Lipinski definition) is 1. The van der Waals surface area contributed by atoms with Gasteiger partial charge in [0.25, 0.3) is 0 Å². The molecule has 1 aliphatic heterocycles. The summed E-state index contributed by atoms with van der Waals surface area (Å²) >= 11 is 0. The van der Waals surface area contributed by atoms with E-state index in [0.717, 1.165) is 0 Å². The second-order valence-corrected chi connectivity index (χ2v) is 4.60. The van der Waals surface area contributed by atoms with Crippen molar-refractivity contribution in [3.63, 3.8) is 0 Å². The van der Waals surface area contributed by atoms with Crippen molar-refractivity contribution >= 4 is 0 Å². The highest BCUT2D eigenvalue weighted by atomic mass is 16.7. The zero-order valence-electron chi connectivity index (χ0n) is 9.33. The van der Waals surface area contributed by atoms with Crippen molar-refractivity contribution in [2.45, 2.75) is 70.8 Å². The molecule has 3 heteroatoms. The standard InChI is InChI=1S/C11H22N2O/c1-9-12-10(2)14-13(9)11-7-5-3-4-6-8-11/h9-12H,3-8H2,1-2H3. The van der Waals surface area contributed by atoms with E-state index < -0.39 is 0 Å². The molecule has 2 fully saturated rings. The highest BCUT2D eigenvalue weighted by Gasteiger charge is 2.32. The molecule has 1 aliphatic carbocycles. The predicted octanol–water partition coefficient (Wildman–Crippen LogP) is 2.24. The third kappa shape index (κ3) is 2.27. The summed E-state index contributed by atoms with van der Waals surface area (Å²) in [6.07, 6.45) is 8.72. The number of hydroxylamine groups is 2. The molecule has 0 aromatic heterocycles. The fraction of sp³-hybridized carbons (Fsp3) is 1.00. The molecule has 2 aliphatic rings. The number of nitrogens with one attached hydrogen (secondary N) is 1. The molecule has 1 saturated heterocycles. The van der Waals surface area contributed by atoms with Crippen molar-refractivity contribution in [3.05, 3.63) is 0 Å². The van der Waals surface area contributed by atoms with Crippen LogP contribution in [0.4, 0.5) is 0 Å². The Labute approximate surface area is 86.8 Å². The maximum absolute atomic E-state index is 5.79. The first kappa shape index (κ1) is 10.4. The van der Waals surface area contributed by atoms with E-state index in [1.807, 2.05) is 0 Å². The molecule has 0 radical (unpaired) electrons. The largest absolute Gasteiger partial charge is 0.279 e. The van der Waals surface area contributed by atoms with Crippen LogP contribution in [0.1, 0.15) is 52.4 Å². The summed E-state index contributed by atoms with van der Waals surface area (Å²) < 4.78 is 0. The van der Waals surface area contributed by atoms with Crippen molar-refractivity contribution < 1.29 is 4.84 Å². The predicted molar refractivity (Wildman–Crippen MR) is 56.5 cm³/mol. The summed E-state index contributed by atoms with van der Waals surface area (Å²) in [5.74, 6) is 0. The van der Waals surface area contributed by atoms with Gasteiger partial charge in [-0.15, -0.1) is 0 Å². The molecule has 0 aromatic rings. The van der Waals surface area contributed by atoms with E-state index in [1.165, 1.54) is 38.5 Å². The summed E-state index contributed by atoms with van der Waals surface area (Å²) in [5.41, 5.74) is 0. The van der Waals surface area contributed by atoms with Gasteiger partial charge in [0.1, 0.15) is 6.23 Å². The molecule has 2 atom stereocenters. The van der Waals surface area contributed by atoms with Gasteiger partial charge in [0.05, 0.1) is 6.17 Å². The maximum atomic E-state index is 5.79. The molecule has 1 N–H and O–H groups in total. The first-order valence-corrected chi connectivity index (χ1v) is 5.98. The Morgan fingerprint density at radius 2 is 1.71 bits per heavy atom. The minimum Gasteiger partial charge on any atom is -0.279 e. The molecular formula is C11H22N2O. The van der Waals surface area contributed by atoms with E-state index in [2.05, 4.69) is 24.2 Å². The normalized spacial score (nSPS) is 37.3. The van der Waals surface area contributed by atoms with E-state index in [0.29, 0.717) is 12.2 Å². The van der Waals surface area contributed by atoms with Gasteiger partial charge < -0.3 is 0 Å². The molecule has 1 heterocycles. The summed E-state index contributed by atoms with van der Waals surface area (Å²) in [6.45, 7) is 4.27. The maximum Gasteiger partial charge on any atom is 0.128 e. The zero-order valence-corrected chi connectivity index (χ0v) is 9.33. The van der Waals surface area contributed by atoms with Crippen LogP contribution in [-0.4, -0.2) is 23.5 Å². The van der Waals surface area contributed by atoms with Gasteiger partial charge in [0.15, 0.2) is 0 Å². The third-order valence-corrected chi connectivity index (χ3v) is 3.32. The van der Waals surface area contributed by atoms with Crippen LogP contribution in [0.3, 0.4) is 0 Å². The second-order valence-electron chi connectivity index (χ2n) is 4.60. The van der Waals surface area contributed by atoms with Gasteiger partial charge in [0.2, 0.25) is 0 Å². The molecule has 0 spiro atoms. The lowest BCUT2D eigenvalue weighted by molar-refractivity contribution is -0.185. The van der Waals surface area contributed by atoms with Crippen LogP contribution in [0.25, 0.3) is 0 Å². The lowest BCUT2D eigenvalue weighted by Gasteiger charge is -2.27. The molecule has 3 nitrogen and oxygen atoms in total. The quantitative estimate of drug-likeness (QED) is 0.654. The Morgan fingerprint density at radius 3 is 2.21 bits per heavy atom. The Morgan fingerprint density at radius 1 is 1.07 bits per heavy atom. The highest BCUT2D eigenvalue weighted by Crippen LogP contribution is 2.25. The smallest absolute Gasteiger partial charge is 0.128 e. The minimum absolute atomic E-state index is 0.188. The van der Waals surface area contributed by atoms with Gasteiger partial charge in [0, 0.05) is 6.04 Å². The SMILES string of the molecule is CC1NC(C)N(C2CCCCCC2)O1. The van der Waals surface area contributed by atoms with E-state index in [4.69, 9.17) is 4.84 Å². The van der Waals surface area contributed by atoms with Crippen LogP contribution in [-0.2, 0) is 4.84 Å². The molecule has 14 heavy (non-hydrogen) atoms. The van der Waals surface area contributed by atoms with Crippen LogP contribution >= 0.6 is 0 Å². The van der Waals surface area contributed by atoms with Crippen LogP contribution in [0, 0.1) is 0 Å². The van der Waals surface area contributed by atoms with Crippen molar-refractivity contribution in [1.82, 2.24) is 10.4 Å². The summed E-state index contributed by atoms with van der Waals surface area (Å²) in [7, 11) is 0. The van der Waals surface area contributed by atoms with E-state index in [1.54, 1.807) is 0 Å². The van der Waals surface area contributed by atoms with Gasteiger partial charge in [-0.05, 0) is 26.7 Å². The molecular weight excluding hydrogens is 176 g/mol. The van der Waals surface area contributed by atoms with Crippen LogP contribution in [0.5, 0.6) is 0 Å². The molecule has 0 amide bonds. The average molecular weight is 198 g/mol. The van der Waals surface area contributed by atoms with Gasteiger partial charge >= 0.3 is 0 Å². The van der Waals surface area contributed by atoms with Crippen molar-refractivity contribution in [2.24, 2.45) is 0 Å². The molecule has 82 valence electrons. The highest BCUT2D eigenvalue weighted by molar-refractivity contribution is 4.76. The van der Waals surface area contributed by atoms with Gasteiger partial charge in [-0.25, -0.2) is 0 Å². The monoisotopic (exact) mass is 198 g/mol. The lowest BCUT2D eigenvalue weighted by Crippen LogP contribution is -2.39. The van der Waals surface area contributed by atoms with E-state index >= 15 is 0 Å². The number of hydrogen-bond acceptors (Lipinski definition) is 3. The van der Waals surface area contributed by atoms with E-state index in [-0.39, 0.29) is 6.23 Å². The number of rotatable bonds is 1. The third-order valence-electron chi connectivity index (χ3n) is 3.32. The van der Waals surface area contributed by atoms with Gasteiger partial charge in [-0.3, -0.25) is 10.2 Å². The van der Waals surface area contributed by atoms with Crippen molar-refractivity contribution in [2.75, 3.05) is 0 Å². The molecule has 0 bridgehead atoms. The van der Waals surface area contributed by atoms with Crippen molar-refractivity contribution in [1.29, 1.82) is 0 Å². The Balaban J connectivity index is 1.92. The van der Waals surface area contributed by atoms with Gasteiger partial charge in [-0.2, -0.15) is 5.06 Å². The van der Waals surface area contributed by atoms with E-state index in [9.17, 15) is 0 Å². The average Bonchev–Trinajstić information content (AvgIpc) is 2.43. The second kappa shape index (κ2) is 4.60. The number of nitrogens with zero attached hydrogens (tertiary/aromatic N) is 1. The van der Waals surface area contributed by atoms with Crippen molar-refractivity contribution in [3.8, 4) is 0 Å². The van der Waals surface area contributed by atoms with Crippen LogP contribution in [0.15, 0.2) is 0 Å². The Bertz CT molecular complexity index is 178. The summed E-state index contributed by atoms with van der Waals surface area (Å²) in [4.78, 5) is 5.79. The first-order chi connectivity index (χ1) is 6.77. The Kier molecular flexibility index (Phi) is 3.42. The zero-order chi connectivity index (χ0) is 9.97. The fourth-order valence-corrected chi connectivity index (χ4v) is 2.63. The first-order valence-electron chi connectivity index (χ1n) is 5.98. The topological polar surface area (TPSA) is 24.5 Å². The summed E-state index contributed by atoms with van der Waals surface area (Å²) in [6, 6.07) is 0.643.